The molecule has 0 spiro atoms. The Balaban J connectivity index is 1.38. The van der Waals surface area contributed by atoms with Gasteiger partial charge >= 0.3 is 0 Å². The lowest BCUT2D eigenvalue weighted by Gasteiger charge is -2.37. The lowest BCUT2D eigenvalue weighted by atomic mass is 10.2. The smallest absolute Gasteiger partial charge is 0.289 e. The molecule has 0 aliphatic carbocycles. The number of rotatable bonds is 3. The first-order valence-electron chi connectivity index (χ1n) is 10.2. The maximum atomic E-state index is 13.6. The van der Waals surface area contributed by atoms with Gasteiger partial charge in [0.25, 0.3) is 5.91 Å². The molecule has 0 bridgehead atoms. The van der Waals surface area contributed by atoms with Crippen molar-refractivity contribution in [2.24, 2.45) is 0 Å². The van der Waals surface area contributed by atoms with E-state index in [2.05, 4.69) is 17.0 Å². The first-order chi connectivity index (χ1) is 14.6. The van der Waals surface area contributed by atoms with Gasteiger partial charge in [-0.2, -0.15) is 0 Å². The van der Waals surface area contributed by atoms with Crippen LogP contribution in [0, 0.1) is 0 Å². The zero-order valence-corrected chi connectivity index (χ0v) is 16.8. The van der Waals surface area contributed by atoms with Crippen LogP contribution in [0.3, 0.4) is 0 Å². The van der Waals surface area contributed by atoms with Crippen molar-refractivity contribution < 1.29 is 14.0 Å². The van der Waals surface area contributed by atoms with Crippen molar-refractivity contribution in [3.8, 4) is 0 Å². The molecule has 6 nitrogen and oxygen atoms in total. The summed E-state index contributed by atoms with van der Waals surface area (Å²) in [6, 6.07) is 19.2. The third-order valence-electron chi connectivity index (χ3n) is 6.04. The Bertz CT molecular complexity index is 1160. The lowest BCUT2D eigenvalue weighted by Crippen LogP contribution is -2.53. The Morgan fingerprint density at radius 2 is 1.43 bits per heavy atom. The summed E-state index contributed by atoms with van der Waals surface area (Å²) in [6.07, 6.45) is 1.51. The highest BCUT2D eigenvalue weighted by atomic mass is 16.3. The van der Waals surface area contributed by atoms with Gasteiger partial charge in [-0.05, 0) is 31.2 Å². The second kappa shape index (κ2) is 7.46. The molecule has 1 aliphatic rings. The minimum absolute atomic E-state index is 0.0539. The molecule has 0 N–H and O–H groups in total. The summed E-state index contributed by atoms with van der Waals surface area (Å²) >= 11 is 0. The topological polar surface area (TPSA) is 58.7 Å². The number of hydrogen-bond acceptors (Lipinski definition) is 4. The van der Waals surface area contributed by atoms with E-state index in [0.29, 0.717) is 31.9 Å². The van der Waals surface area contributed by atoms with E-state index in [0.717, 1.165) is 21.8 Å². The van der Waals surface area contributed by atoms with Crippen molar-refractivity contribution in [3.05, 3.63) is 72.7 Å². The first-order valence-corrected chi connectivity index (χ1v) is 10.2. The van der Waals surface area contributed by atoms with Crippen LogP contribution in [0.4, 0.5) is 0 Å². The van der Waals surface area contributed by atoms with Crippen molar-refractivity contribution in [1.82, 2.24) is 14.4 Å². The van der Waals surface area contributed by atoms with Crippen molar-refractivity contribution in [3.63, 3.8) is 0 Å². The Morgan fingerprint density at radius 3 is 2.00 bits per heavy atom. The van der Waals surface area contributed by atoms with Crippen LogP contribution >= 0.6 is 0 Å². The molecule has 1 atom stereocenters. The number of hydrogen-bond donors (Lipinski definition) is 0. The van der Waals surface area contributed by atoms with E-state index in [1.165, 1.54) is 6.26 Å². The second-order valence-electron chi connectivity index (χ2n) is 7.69. The zero-order valence-electron chi connectivity index (χ0n) is 16.8. The predicted molar refractivity (Wildman–Crippen MR) is 116 cm³/mol. The van der Waals surface area contributed by atoms with E-state index in [1.54, 1.807) is 17.0 Å². The quantitative estimate of drug-likeness (QED) is 0.523. The molecule has 1 aliphatic heterocycles. The number of carbonyl (C=O) groups is 2. The fourth-order valence-electron chi connectivity index (χ4n) is 4.37. The lowest BCUT2D eigenvalue weighted by molar-refractivity contribution is 0.0505. The van der Waals surface area contributed by atoms with Crippen LogP contribution in [0.15, 0.2) is 71.3 Å². The highest BCUT2D eigenvalue weighted by molar-refractivity contribution is 6.13. The summed E-state index contributed by atoms with van der Waals surface area (Å²) in [5, 5.41) is 2.17. The number of benzene rings is 2. The molecule has 0 unspecified atom stereocenters. The van der Waals surface area contributed by atoms with E-state index in [-0.39, 0.29) is 17.9 Å². The molecule has 0 saturated carbocycles. The highest BCUT2D eigenvalue weighted by Crippen LogP contribution is 2.29. The number of nitrogens with zero attached hydrogens (tertiary/aromatic N) is 3. The van der Waals surface area contributed by atoms with Gasteiger partial charge in [-0.1, -0.05) is 36.4 Å². The molecule has 1 amide bonds. The zero-order chi connectivity index (χ0) is 20.7. The molecule has 1 saturated heterocycles. The van der Waals surface area contributed by atoms with Crippen LogP contribution in [0.5, 0.6) is 0 Å². The molecule has 152 valence electrons. The van der Waals surface area contributed by atoms with E-state index in [1.807, 2.05) is 47.9 Å². The maximum absolute atomic E-state index is 13.6. The molecule has 5 rings (SSSR count). The molecule has 0 radical (unpaired) electrons. The molecular weight excluding hydrogens is 378 g/mol. The monoisotopic (exact) mass is 401 g/mol. The standard InChI is InChI=1S/C24H23N3O3/c1-17(25-12-14-26(15-13-25)24(29)22-11-6-16-30-22)23(28)27-20-9-4-2-7-18(20)19-8-3-5-10-21(19)27/h2-11,16-17H,12-15H2,1H3/t17-/m1/s1. The molecule has 30 heavy (non-hydrogen) atoms. The summed E-state index contributed by atoms with van der Waals surface area (Å²) in [6.45, 7) is 4.40. The largest absolute Gasteiger partial charge is 0.459 e. The van der Waals surface area contributed by atoms with Crippen molar-refractivity contribution in [2.75, 3.05) is 26.2 Å². The van der Waals surface area contributed by atoms with Crippen molar-refractivity contribution in [2.45, 2.75) is 13.0 Å². The van der Waals surface area contributed by atoms with Gasteiger partial charge in [-0.15, -0.1) is 0 Å². The van der Waals surface area contributed by atoms with Gasteiger partial charge in [-0.25, -0.2) is 0 Å². The number of para-hydroxylation sites is 2. The van der Waals surface area contributed by atoms with E-state index < -0.39 is 0 Å². The number of amides is 1. The van der Waals surface area contributed by atoms with Gasteiger partial charge in [0.15, 0.2) is 5.76 Å². The van der Waals surface area contributed by atoms with Crippen molar-refractivity contribution >= 4 is 33.6 Å². The summed E-state index contributed by atoms with van der Waals surface area (Å²) in [5.41, 5.74) is 1.87. The van der Waals surface area contributed by atoms with E-state index in [4.69, 9.17) is 4.42 Å². The van der Waals surface area contributed by atoms with Gasteiger partial charge < -0.3 is 9.32 Å². The number of furan rings is 1. The first kappa shape index (κ1) is 18.6. The van der Waals surface area contributed by atoms with Crippen LogP contribution in [-0.4, -0.2) is 58.4 Å². The summed E-state index contributed by atoms with van der Waals surface area (Å²) in [7, 11) is 0. The normalized spacial score (nSPS) is 16.2. The Kier molecular flexibility index (Phi) is 4.64. The Hall–Kier alpha value is -3.38. The van der Waals surface area contributed by atoms with E-state index in [9.17, 15) is 9.59 Å². The van der Waals surface area contributed by atoms with Crippen LogP contribution in [0.25, 0.3) is 21.8 Å². The summed E-state index contributed by atoms with van der Waals surface area (Å²) in [5.74, 6) is 0.317. The van der Waals surface area contributed by atoms with Crippen LogP contribution in [0.2, 0.25) is 0 Å². The molecule has 4 aromatic rings. The van der Waals surface area contributed by atoms with Crippen LogP contribution < -0.4 is 0 Å². The minimum Gasteiger partial charge on any atom is -0.459 e. The van der Waals surface area contributed by atoms with E-state index >= 15 is 0 Å². The average molecular weight is 401 g/mol. The average Bonchev–Trinajstić information content (AvgIpc) is 3.44. The highest BCUT2D eigenvalue weighted by Gasteiger charge is 2.30. The van der Waals surface area contributed by atoms with Gasteiger partial charge in [0.05, 0.1) is 23.3 Å². The number of piperazine rings is 1. The fourth-order valence-corrected chi connectivity index (χ4v) is 4.37. The van der Waals surface area contributed by atoms with Gasteiger partial charge in [0.2, 0.25) is 5.91 Å². The second-order valence-corrected chi connectivity index (χ2v) is 7.69. The van der Waals surface area contributed by atoms with Gasteiger partial charge in [0, 0.05) is 37.0 Å². The fraction of sp³-hybridized carbons (Fsp3) is 0.250. The molecule has 3 heterocycles. The molecule has 1 fully saturated rings. The minimum atomic E-state index is -0.287. The van der Waals surface area contributed by atoms with Crippen LogP contribution in [-0.2, 0) is 0 Å². The Morgan fingerprint density at radius 1 is 0.833 bits per heavy atom. The molecular formula is C24H23N3O3. The molecule has 6 heteroatoms. The van der Waals surface area contributed by atoms with Gasteiger partial charge in [-0.3, -0.25) is 19.1 Å². The number of fused-ring (bicyclic) bond motifs is 3. The Labute approximate surface area is 174 Å². The summed E-state index contributed by atoms with van der Waals surface area (Å²) in [4.78, 5) is 30.0. The third-order valence-corrected chi connectivity index (χ3v) is 6.04. The maximum Gasteiger partial charge on any atom is 0.289 e. The predicted octanol–water partition coefficient (Wildman–Crippen LogP) is 3.87. The number of carbonyl (C=O) groups excluding carboxylic acids is 2. The molecule has 2 aromatic heterocycles. The SMILES string of the molecule is C[C@H](C(=O)n1c2ccccc2c2ccccc21)N1CCN(C(=O)c2ccco2)CC1. The molecule has 2 aromatic carbocycles. The van der Waals surface area contributed by atoms with Gasteiger partial charge in [0.1, 0.15) is 0 Å². The van der Waals surface area contributed by atoms with Crippen LogP contribution in [0.1, 0.15) is 22.3 Å². The summed E-state index contributed by atoms with van der Waals surface area (Å²) < 4.78 is 7.07. The van der Waals surface area contributed by atoms with Crippen molar-refractivity contribution in [1.29, 1.82) is 0 Å². The number of aromatic nitrogens is 1. The third kappa shape index (κ3) is 3.00.